The van der Waals surface area contributed by atoms with Gasteiger partial charge in [-0.05, 0) is 66.8 Å². The van der Waals surface area contributed by atoms with Crippen molar-refractivity contribution in [3.63, 3.8) is 0 Å². The van der Waals surface area contributed by atoms with Crippen LogP contribution >= 0.6 is 23.8 Å². The number of nitrogens with one attached hydrogen (secondary N) is 2. The van der Waals surface area contributed by atoms with Crippen molar-refractivity contribution in [1.29, 1.82) is 0 Å². The molecule has 38 heavy (non-hydrogen) atoms. The first-order valence-corrected chi connectivity index (χ1v) is 13.1. The Morgan fingerprint density at radius 2 is 1.89 bits per heavy atom. The summed E-state index contributed by atoms with van der Waals surface area (Å²) < 4.78 is 7.78. The molecule has 4 aromatic rings. The Balaban J connectivity index is 1.62. The number of methoxy groups -OCH3 is 1. The van der Waals surface area contributed by atoms with Gasteiger partial charge in [0.15, 0.2) is 5.11 Å². The number of rotatable bonds is 7. The van der Waals surface area contributed by atoms with Crippen molar-refractivity contribution in [3.05, 3.63) is 102 Å². The molecule has 1 saturated heterocycles. The summed E-state index contributed by atoms with van der Waals surface area (Å²) in [7, 11) is 1.67. The van der Waals surface area contributed by atoms with Crippen molar-refractivity contribution >= 4 is 46.2 Å². The zero-order valence-corrected chi connectivity index (χ0v) is 22.8. The first-order valence-electron chi connectivity index (χ1n) is 12.3. The monoisotopic (exact) mass is 545 g/mol. The van der Waals surface area contributed by atoms with E-state index in [0.717, 1.165) is 28.5 Å². The standard InChI is InChI=1S/C29H28ClN5O2S/c1-18(2)28(36)32-21-14-13-19(17-20(21)30)35-27(26(33-29(35)38)22-9-6-7-15-31-22)24-11-8-16-34(24)23-10-4-5-12-25(23)37-3/h4-18,26-27H,1-3H3,(H,32,36)(H,33,38)/t26-,27-/m0/s1. The number of ether oxygens (including phenoxy) is 1. The largest absolute Gasteiger partial charge is 0.495 e. The highest BCUT2D eigenvalue weighted by Gasteiger charge is 2.42. The second-order valence-corrected chi connectivity index (χ2v) is 10.1. The third-order valence-corrected chi connectivity index (χ3v) is 7.17. The third kappa shape index (κ3) is 4.85. The van der Waals surface area contributed by atoms with Gasteiger partial charge >= 0.3 is 0 Å². The highest BCUT2D eigenvalue weighted by atomic mass is 35.5. The maximum absolute atomic E-state index is 12.3. The fraction of sp³-hybridized carbons (Fsp3) is 0.207. The number of carbonyl (C=O) groups is 1. The molecule has 0 saturated carbocycles. The summed E-state index contributed by atoms with van der Waals surface area (Å²) in [6.07, 6.45) is 3.79. The topological polar surface area (TPSA) is 71.4 Å². The first-order chi connectivity index (χ1) is 18.4. The molecule has 1 fully saturated rings. The predicted octanol–water partition coefficient (Wildman–Crippen LogP) is 6.31. The predicted molar refractivity (Wildman–Crippen MR) is 155 cm³/mol. The van der Waals surface area contributed by atoms with E-state index in [9.17, 15) is 4.79 Å². The molecule has 0 spiro atoms. The molecule has 0 radical (unpaired) electrons. The number of pyridine rings is 1. The molecule has 1 aliphatic rings. The summed E-state index contributed by atoms with van der Waals surface area (Å²) in [4.78, 5) is 19.0. The molecule has 2 N–H and O–H groups in total. The Kier molecular flexibility index (Phi) is 7.35. The maximum Gasteiger partial charge on any atom is 0.226 e. The second kappa shape index (κ2) is 10.8. The normalized spacial score (nSPS) is 17.0. The number of halogens is 1. The summed E-state index contributed by atoms with van der Waals surface area (Å²) in [6.45, 7) is 3.68. The van der Waals surface area contributed by atoms with Crippen LogP contribution in [0.5, 0.6) is 5.75 Å². The number of carbonyl (C=O) groups excluding carboxylic acids is 1. The summed E-state index contributed by atoms with van der Waals surface area (Å²) >= 11 is 12.5. The lowest BCUT2D eigenvalue weighted by Gasteiger charge is -2.29. The van der Waals surface area contributed by atoms with E-state index in [1.807, 2.05) is 86.8 Å². The molecule has 2 aromatic heterocycles. The lowest BCUT2D eigenvalue weighted by Crippen LogP contribution is -2.30. The van der Waals surface area contributed by atoms with Crippen molar-refractivity contribution in [3.8, 4) is 11.4 Å². The van der Waals surface area contributed by atoms with Gasteiger partial charge in [0.25, 0.3) is 0 Å². The average Bonchev–Trinajstić information content (AvgIpc) is 3.54. The molecule has 9 heteroatoms. The van der Waals surface area contributed by atoms with Crippen molar-refractivity contribution in [2.45, 2.75) is 25.9 Å². The van der Waals surface area contributed by atoms with Gasteiger partial charge in [-0.3, -0.25) is 9.78 Å². The highest BCUT2D eigenvalue weighted by molar-refractivity contribution is 7.80. The van der Waals surface area contributed by atoms with Gasteiger partial charge in [0.05, 0.1) is 35.2 Å². The Hall–Kier alpha value is -3.88. The van der Waals surface area contributed by atoms with E-state index < -0.39 is 0 Å². The quantitative estimate of drug-likeness (QED) is 0.265. The minimum Gasteiger partial charge on any atom is -0.495 e. The Bertz CT molecular complexity index is 1470. The molecule has 0 aliphatic carbocycles. The third-order valence-electron chi connectivity index (χ3n) is 6.54. The summed E-state index contributed by atoms with van der Waals surface area (Å²) in [5, 5.41) is 7.35. The van der Waals surface area contributed by atoms with Crippen LogP contribution in [0.1, 0.15) is 37.3 Å². The van der Waals surface area contributed by atoms with E-state index in [-0.39, 0.29) is 23.9 Å². The zero-order valence-electron chi connectivity index (χ0n) is 21.3. The molecule has 5 rings (SSSR count). The second-order valence-electron chi connectivity index (χ2n) is 9.28. The van der Waals surface area contributed by atoms with Crippen LogP contribution in [0.2, 0.25) is 5.02 Å². The number of para-hydroxylation sites is 2. The van der Waals surface area contributed by atoms with E-state index in [2.05, 4.69) is 31.2 Å². The summed E-state index contributed by atoms with van der Waals surface area (Å²) in [5.41, 5.74) is 4.12. The van der Waals surface area contributed by atoms with E-state index in [0.29, 0.717) is 15.8 Å². The lowest BCUT2D eigenvalue weighted by molar-refractivity contribution is -0.118. The molecule has 0 bridgehead atoms. The van der Waals surface area contributed by atoms with Crippen LogP contribution in [0.25, 0.3) is 5.69 Å². The number of thiocarbonyl (C=S) groups is 1. The Morgan fingerprint density at radius 3 is 2.61 bits per heavy atom. The van der Waals surface area contributed by atoms with Gasteiger partial charge in [-0.25, -0.2) is 0 Å². The van der Waals surface area contributed by atoms with Crippen molar-refractivity contribution in [2.75, 3.05) is 17.3 Å². The number of hydrogen-bond acceptors (Lipinski definition) is 4. The fourth-order valence-electron chi connectivity index (χ4n) is 4.65. The minimum atomic E-state index is -0.260. The molecule has 3 heterocycles. The lowest BCUT2D eigenvalue weighted by atomic mass is 10.0. The smallest absolute Gasteiger partial charge is 0.226 e. The van der Waals surface area contributed by atoms with Gasteiger partial charge in [-0.1, -0.05) is 43.6 Å². The molecule has 7 nitrogen and oxygen atoms in total. The maximum atomic E-state index is 12.3. The Morgan fingerprint density at radius 1 is 1.11 bits per heavy atom. The van der Waals surface area contributed by atoms with E-state index in [1.54, 1.807) is 13.3 Å². The molecule has 194 valence electrons. The number of aromatic nitrogens is 2. The van der Waals surface area contributed by atoms with Crippen LogP contribution in [0.3, 0.4) is 0 Å². The highest BCUT2D eigenvalue weighted by Crippen LogP contribution is 2.44. The van der Waals surface area contributed by atoms with Crippen LogP contribution in [0, 0.1) is 5.92 Å². The molecule has 0 unspecified atom stereocenters. The molecule has 2 aromatic carbocycles. The van der Waals surface area contributed by atoms with Gasteiger partial charge < -0.3 is 24.8 Å². The van der Waals surface area contributed by atoms with Gasteiger partial charge in [0.2, 0.25) is 5.91 Å². The van der Waals surface area contributed by atoms with E-state index in [4.69, 9.17) is 28.6 Å². The average molecular weight is 546 g/mol. The van der Waals surface area contributed by atoms with Crippen LogP contribution < -0.4 is 20.3 Å². The van der Waals surface area contributed by atoms with Crippen molar-refractivity contribution in [1.82, 2.24) is 14.9 Å². The van der Waals surface area contributed by atoms with Crippen molar-refractivity contribution < 1.29 is 9.53 Å². The number of amides is 1. The van der Waals surface area contributed by atoms with Gasteiger partial charge in [0, 0.05) is 29.7 Å². The molecular formula is C29H28ClN5O2S. The molecule has 1 amide bonds. The Labute approximate surface area is 232 Å². The van der Waals surface area contributed by atoms with Crippen LogP contribution in [0.15, 0.2) is 85.2 Å². The number of benzene rings is 2. The first kappa shape index (κ1) is 25.8. The minimum absolute atomic E-state index is 0.0965. The van der Waals surface area contributed by atoms with Crippen LogP contribution in [0.4, 0.5) is 11.4 Å². The van der Waals surface area contributed by atoms with Gasteiger partial charge in [-0.2, -0.15) is 0 Å². The zero-order chi connectivity index (χ0) is 26.8. The van der Waals surface area contributed by atoms with Gasteiger partial charge in [-0.15, -0.1) is 0 Å². The fourth-order valence-corrected chi connectivity index (χ4v) is 5.22. The van der Waals surface area contributed by atoms with Crippen LogP contribution in [-0.4, -0.2) is 27.7 Å². The molecule has 1 aliphatic heterocycles. The molecular weight excluding hydrogens is 518 g/mol. The van der Waals surface area contributed by atoms with Crippen molar-refractivity contribution in [2.24, 2.45) is 5.92 Å². The van der Waals surface area contributed by atoms with E-state index in [1.165, 1.54) is 0 Å². The van der Waals surface area contributed by atoms with E-state index >= 15 is 0 Å². The molecule has 2 atom stereocenters. The van der Waals surface area contributed by atoms with Gasteiger partial charge in [0.1, 0.15) is 11.8 Å². The summed E-state index contributed by atoms with van der Waals surface area (Å²) in [5.74, 6) is 0.501. The number of anilines is 2. The van der Waals surface area contributed by atoms with Crippen LogP contribution in [-0.2, 0) is 4.79 Å². The number of nitrogens with zero attached hydrogens (tertiary/aromatic N) is 3. The summed E-state index contributed by atoms with van der Waals surface area (Å²) in [6, 6.07) is 22.9. The SMILES string of the molecule is COc1ccccc1-n1cccc1[C@H]1[C@H](c2ccccn2)NC(=S)N1c1ccc(NC(=O)C(C)C)c(Cl)c1. The number of hydrogen-bond donors (Lipinski definition) is 2.